The van der Waals surface area contributed by atoms with E-state index in [1.807, 2.05) is 13.8 Å². The highest BCUT2D eigenvalue weighted by molar-refractivity contribution is 9.10. The lowest BCUT2D eigenvalue weighted by molar-refractivity contribution is 0.106. The number of benzene rings is 1. The van der Waals surface area contributed by atoms with Gasteiger partial charge in [-0.3, -0.25) is 4.90 Å². The lowest BCUT2D eigenvalue weighted by Gasteiger charge is -2.14. The molecule has 0 bridgehead atoms. The fourth-order valence-corrected chi connectivity index (χ4v) is 3.33. The van der Waals surface area contributed by atoms with Gasteiger partial charge < -0.3 is 10.5 Å². The molecule has 1 aromatic carbocycles. The molecule has 0 saturated heterocycles. The van der Waals surface area contributed by atoms with Crippen LogP contribution in [0.5, 0.6) is 0 Å². The maximum absolute atomic E-state index is 12.0. The van der Waals surface area contributed by atoms with E-state index in [1.54, 1.807) is 11.8 Å². The minimum absolute atomic E-state index is 0.217. The zero-order chi connectivity index (χ0) is 17.4. The van der Waals surface area contributed by atoms with E-state index in [1.165, 1.54) is 0 Å². The van der Waals surface area contributed by atoms with Crippen molar-refractivity contribution >= 4 is 28.0 Å². The van der Waals surface area contributed by atoms with Gasteiger partial charge in [0.2, 0.25) is 5.95 Å². The SMILES string of the molecule is CCOC(=O)N1Cc2nc(N)nc(-c3cc(C)c(Br)cc3C)c2C1. The molecule has 6 nitrogen and oxygen atoms in total. The Labute approximate surface area is 149 Å². The van der Waals surface area contributed by atoms with E-state index in [2.05, 4.69) is 38.0 Å². The lowest BCUT2D eigenvalue weighted by atomic mass is 9.99. The number of rotatable bonds is 2. The van der Waals surface area contributed by atoms with Crippen molar-refractivity contribution in [3.05, 3.63) is 39.0 Å². The monoisotopic (exact) mass is 390 g/mol. The summed E-state index contributed by atoms with van der Waals surface area (Å²) in [4.78, 5) is 22.4. The number of amides is 1. The first-order valence-corrected chi connectivity index (χ1v) is 8.54. The van der Waals surface area contributed by atoms with Crippen LogP contribution in [0.3, 0.4) is 0 Å². The number of hydrogen-bond acceptors (Lipinski definition) is 5. The minimum Gasteiger partial charge on any atom is -0.450 e. The molecule has 0 radical (unpaired) electrons. The van der Waals surface area contributed by atoms with E-state index in [4.69, 9.17) is 10.5 Å². The van der Waals surface area contributed by atoms with Gasteiger partial charge in [-0.05, 0) is 44.0 Å². The number of halogens is 1. The molecule has 0 unspecified atom stereocenters. The van der Waals surface area contributed by atoms with Crippen LogP contribution in [0.2, 0.25) is 0 Å². The lowest BCUT2D eigenvalue weighted by Crippen LogP contribution is -2.26. The highest BCUT2D eigenvalue weighted by Crippen LogP contribution is 2.35. The summed E-state index contributed by atoms with van der Waals surface area (Å²) in [5.74, 6) is 0.217. The molecule has 2 aromatic rings. The Morgan fingerprint density at radius 2 is 2.04 bits per heavy atom. The fourth-order valence-electron chi connectivity index (χ4n) is 2.88. The van der Waals surface area contributed by atoms with Crippen LogP contribution >= 0.6 is 15.9 Å². The van der Waals surface area contributed by atoms with Gasteiger partial charge in [-0.25, -0.2) is 14.8 Å². The topological polar surface area (TPSA) is 81.3 Å². The summed E-state index contributed by atoms with van der Waals surface area (Å²) >= 11 is 3.55. The molecule has 0 fully saturated rings. The second-order valence-corrected chi connectivity index (χ2v) is 6.68. The summed E-state index contributed by atoms with van der Waals surface area (Å²) in [6, 6.07) is 4.14. The number of fused-ring (bicyclic) bond motifs is 1. The second-order valence-electron chi connectivity index (χ2n) is 5.83. The van der Waals surface area contributed by atoms with Crippen LogP contribution < -0.4 is 5.73 Å². The number of ether oxygens (including phenoxy) is 1. The molecule has 1 aliphatic rings. The van der Waals surface area contributed by atoms with Gasteiger partial charge in [-0.1, -0.05) is 15.9 Å². The average Bonchev–Trinajstić information content (AvgIpc) is 2.94. The summed E-state index contributed by atoms with van der Waals surface area (Å²) in [6.45, 7) is 7.02. The number of nitrogens with zero attached hydrogens (tertiary/aromatic N) is 3. The molecule has 1 aromatic heterocycles. The van der Waals surface area contributed by atoms with Crippen molar-refractivity contribution in [2.24, 2.45) is 0 Å². The molecule has 0 saturated carbocycles. The number of carbonyl (C=O) groups is 1. The third-order valence-electron chi connectivity index (χ3n) is 4.09. The van der Waals surface area contributed by atoms with Gasteiger partial charge in [-0.2, -0.15) is 0 Å². The van der Waals surface area contributed by atoms with Crippen molar-refractivity contribution in [3.8, 4) is 11.3 Å². The Kier molecular flexibility index (Phi) is 4.45. The van der Waals surface area contributed by atoms with E-state index in [9.17, 15) is 4.79 Å². The zero-order valence-corrected chi connectivity index (χ0v) is 15.5. The maximum atomic E-state index is 12.0. The van der Waals surface area contributed by atoms with Gasteiger partial charge in [0.15, 0.2) is 0 Å². The van der Waals surface area contributed by atoms with Gasteiger partial charge in [0.1, 0.15) is 0 Å². The quantitative estimate of drug-likeness (QED) is 0.847. The number of aromatic nitrogens is 2. The van der Waals surface area contributed by atoms with E-state index < -0.39 is 0 Å². The van der Waals surface area contributed by atoms with Crippen LogP contribution in [0, 0.1) is 13.8 Å². The predicted octanol–water partition coefficient (Wildman–Crippen LogP) is 3.58. The fraction of sp³-hybridized carbons (Fsp3) is 0.353. The van der Waals surface area contributed by atoms with Crippen molar-refractivity contribution < 1.29 is 9.53 Å². The first-order chi connectivity index (χ1) is 11.4. The molecule has 0 spiro atoms. The third-order valence-corrected chi connectivity index (χ3v) is 4.94. The Balaban J connectivity index is 2.07. The number of nitrogen functional groups attached to an aromatic ring is 1. The molecule has 1 aliphatic heterocycles. The van der Waals surface area contributed by atoms with Gasteiger partial charge >= 0.3 is 6.09 Å². The Bertz CT molecular complexity index is 823. The number of nitrogens with two attached hydrogens (primary N) is 1. The predicted molar refractivity (Wildman–Crippen MR) is 95.3 cm³/mol. The Hall–Kier alpha value is -2.15. The molecule has 0 aliphatic carbocycles. The van der Waals surface area contributed by atoms with Crippen molar-refractivity contribution in [1.29, 1.82) is 0 Å². The van der Waals surface area contributed by atoms with Crippen molar-refractivity contribution in [2.75, 3.05) is 12.3 Å². The highest BCUT2D eigenvalue weighted by Gasteiger charge is 2.29. The molecular formula is C17H19BrN4O2. The molecule has 1 amide bonds. The van der Waals surface area contributed by atoms with Gasteiger partial charge in [0.05, 0.1) is 31.1 Å². The molecule has 2 N–H and O–H groups in total. The molecule has 3 rings (SSSR count). The highest BCUT2D eigenvalue weighted by atomic mass is 79.9. The first-order valence-electron chi connectivity index (χ1n) is 7.74. The largest absolute Gasteiger partial charge is 0.450 e. The normalized spacial score (nSPS) is 13.1. The van der Waals surface area contributed by atoms with Gasteiger partial charge in [0, 0.05) is 15.6 Å². The summed E-state index contributed by atoms with van der Waals surface area (Å²) < 4.78 is 6.14. The molecule has 24 heavy (non-hydrogen) atoms. The van der Waals surface area contributed by atoms with E-state index in [0.717, 1.165) is 38.1 Å². The Morgan fingerprint density at radius 1 is 1.29 bits per heavy atom. The van der Waals surface area contributed by atoms with E-state index in [0.29, 0.717) is 19.7 Å². The smallest absolute Gasteiger partial charge is 0.410 e. The van der Waals surface area contributed by atoms with Crippen LogP contribution in [-0.2, 0) is 17.8 Å². The average molecular weight is 391 g/mol. The van der Waals surface area contributed by atoms with E-state index in [-0.39, 0.29) is 12.0 Å². The summed E-state index contributed by atoms with van der Waals surface area (Å²) in [7, 11) is 0. The molecule has 126 valence electrons. The standard InChI is InChI=1S/C17H19BrN4O2/c1-4-24-17(23)22-7-12-14(8-22)20-16(19)21-15(12)11-5-10(3)13(18)6-9(11)2/h5-6H,4,7-8H2,1-3H3,(H2,19,20,21). The van der Waals surface area contributed by atoms with Crippen LogP contribution in [0.25, 0.3) is 11.3 Å². The van der Waals surface area contributed by atoms with Gasteiger partial charge in [-0.15, -0.1) is 0 Å². The number of carbonyl (C=O) groups excluding carboxylic acids is 1. The van der Waals surface area contributed by atoms with Crippen molar-refractivity contribution in [2.45, 2.75) is 33.9 Å². The van der Waals surface area contributed by atoms with Crippen LogP contribution in [0.4, 0.5) is 10.7 Å². The van der Waals surface area contributed by atoms with Crippen molar-refractivity contribution in [3.63, 3.8) is 0 Å². The molecule has 2 heterocycles. The summed E-state index contributed by atoms with van der Waals surface area (Å²) in [6.07, 6.45) is -0.344. The van der Waals surface area contributed by atoms with E-state index >= 15 is 0 Å². The maximum Gasteiger partial charge on any atom is 0.410 e. The molecule has 0 atom stereocenters. The number of hydrogen-bond donors (Lipinski definition) is 1. The van der Waals surface area contributed by atoms with Gasteiger partial charge in [0.25, 0.3) is 0 Å². The van der Waals surface area contributed by atoms with Crippen molar-refractivity contribution in [1.82, 2.24) is 14.9 Å². The molecular weight excluding hydrogens is 372 g/mol. The minimum atomic E-state index is -0.344. The molecule has 7 heteroatoms. The van der Waals surface area contributed by atoms with Crippen LogP contribution in [0.1, 0.15) is 29.3 Å². The number of anilines is 1. The second kappa shape index (κ2) is 6.39. The first kappa shape index (κ1) is 16.7. The zero-order valence-electron chi connectivity index (χ0n) is 13.9. The number of aryl methyl sites for hydroxylation is 2. The van der Waals surface area contributed by atoms with Crippen LogP contribution in [-0.4, -0.2) is 27.6 Å². The Morgan fingerprint density at radius 3 is 2.75 bits per heavy atom. The summed E-state index contributed by atoms with van der Waals surface area (Å²) in [5, 5.41) is 0. The summed E-state index contributed by atoms with van der Waals surface area (Å²) in [5.41, 5.74) is 11.6. The van der Waals surface area contributed by atoms with Crippen LogP contribution in [0.15, 0.2) is 16.6 Å². The third kappa shape index (κ3) is 2.96.